The summed E-state index contributed by atoms with van der Waals surface area (Å²) in [4.78, 5) is 4.18. The van der Waals surface area contributed by atoms with E-state index in [4.69, 9.17) is 14.0 Å². The van der Waals surface area contributed by atoms with Crippen molar-refractivity contribution in [2.75, 3.05) is 13.2 Å². The van der Waals surface area contributed by atoms with Crippen LogP contribution in [0.15, 0.2) is 22.7 Å². The average Bonchev–Trinajstić information content (AvgIpc) is 2.75. The first-order valence-corrected chi connectivity index (χ1v) is 5.04. The highest BCUT2D eigenvalue weighted by Gasteiger charge is 2.19. The van der Waals surface area contributed by atoms with Crippen molar-refractivity contribution < 1.29 is 14.0 Å². The van der Waals surface area contributed by atoms with Crippen LogP contribution in [-0.4, -0.2) is 23.4 Å². The fourth-order valence-corrected chi connectivity index (χ4v) is 1.66. The molecule has 16 heavy (non-hydrogen) atoms. The molecule has 0 N–H and O–H groups in total. The quantitative estimate of drug-likeness (QED) is 0.730. The number of rotatable bonds is 1. The van der Waals surface area contributed by atoms with Crippen LogP contribution in [-0.2, 0) is 0 Å². The maximum atomic E-state index is 5.57. The lowest BCUT2D eigenvalue weighted by Crippen LogP contribution is -2.15. The largest absolute Gasteiger partial charge is 0.486 e. The summed E-state index contributed by atoms with van der Waals surface area (Å²) in [6.07, 6.45) is 0. The van der Waals surface area contributed by atoms with Gasteiger partial charge in [0.2, 0.25) is 11.7 Å². The Labute approximate surface area is 92.0 Å². The summed E-state index contributed by atoms with van der Waals surface area (Å²) in [5.41, 5.74) is 0.800. The first-order valence-electron chi connectivity index (χ1n) is 5.04. The SMILES string of the molecule is Cc1nc(-c2cccc3c2OCCO3)no1. The highest BCUT2D eigenvalue weighted by atomic mass is 16.6. The Bertz CT molecular complexity index is 522. The van der Waals surface area contributed by atoms with E-state index in [1.54, 1.807) is 6.92 Å². The molecule has 82 valence electrons. The van der Waals surface area contributed by atoms with Crippen LogP contribution in [0, 0.1) is 6.92 Å². The van der Waals surface area contributed by atoms with Gasteiger partial charge in [0.05, 0.1) is 5.56 Å². The zero-order chi connectivity index (χ0) is 11.0. The van der Waals surface area contributed by atoms with Crippen LogP contribution in [0.1, 0.15) is 5.89 Å². The van der Waals surface area contributed by atoms with E-state index in [-0.39, 0.29) is 0 Å². The van der Waals surface area contributed by atoms with Gasteiger partial charge in [-0.05, 0) is 12.1 Å². The molecule has 2 aromatic rings. The third-order valence-electron chi connectivity index (χ3n) is 2.33. The Morgan fingerprint density at radius 1 is 1.19 bits per heavy atom. The van der Waals surface area contributed by atoms with Gasteiger partial charge in [0.1, 0.15) is 13.2 Å². The van der Waals surface area contributed by atoms with Crippen molar-refractivity contribution in [3.8, 4) is 22.9 Å². The first kappa shape index (κ1) is 9.21. The van der Waals surface area contributed by atoms with Crippen LogP contribution >= 0.6 is 0 Å². The normalized spacial score (nSPS) is 13.8. The van der Waals surface area contributed by atoms with E-state index in [9.17, 15) is 0 Å². The van der Waals surface area contributed by atoms with Gasteiger partial charge in [-0.15, -0.1) is 0 Å². The molecule has 0 saturated carbocycles. The second-order valence-electron chi connectivity index (χ2n) is 3.47. The first-order chi connectivity index (χ1) is 7.84. The lowest BCUT2D eigenvalue weighted by atomic mass is 10.1. The molecule has 0 bridgehead atoms. The van der Waals surface area contributed by atoms with Crippen molar-refractivity contribution in [2.24, 2.45) is 0 Å². The second kappa shape index (κ2) is 3.52. The fraction of sp³-hybridized carbons (Fsp3) is 0.273. The number of benzene rings is 1. The molecule has 3 rings (SSSR count). The predicted molar refractivity (Wildman–Crippen MR) is 55.5 cm³/mol. The van der Waals surface area contributed by atoms with Crippen LogP contribution < -0.4 is 9.47 Å². The molecule has 0 radical (unpaired) electrons. The topological polar surface area (TPSA) is 57.4 Å². The Kier molecular flexibility index (Phi) is 2.02. The van der Waals surface area contributed by atoms with Gasteiger partial charge in [-0.2, -0.15) is 4.98 Å². The summed E-state index contributed by atoms with van der Waals surface area (Å²) in [6, 6.07) is 5.64. The Morgan fingerprint density at radius 2 is 2.06 bits per heavy atom. The monoisotopic (exact) mass is 218 g/mol. The summed E-state index contributed by atoms with van der Waals surface area (Å²) < 4.78 is 16.0. The molecular weight excluding hydrogens is 208 g/mol. The Balaban J connectivity index is 2.13. The number of fused-ring (bicyclic) bond motifs is 1. The molecule has 0 spiro atoms. The molecule has 1 aromatic carbocycles. The van der Waals surface area contributed by atoms with Crippen LogP contribution in [0.4, 0.5) is 0 Å². The van der Waals surface area contributed by atoms with Crippen molar-refractivity contribution in [2.45, 2.75) is 6.92 Å². The highest BCUT2D eigenvalue weighted by Crippen LogP contribution is 2.38. The van der Waals surface area contributed by atoms with E-state index in [0.29, 0.717) is 30.7 Å². The second-order valence-corrected chi connectivity index (χ2v) is 3.47. The van der Waals surface area contributed by atoms with Gasteiger partial charge in [0.15, 0.2) is 11.5 Å². The molecule has 1 aliphatic rings. The van der Waals surface area contributed by atoms with Gasteiger partial charge in [0, 0.05) is 6.92 Å². The van der Waals surface area contributed by atoms with E-state index in [1.807, 2.05) is 18.2 Å². The van der Waals surface area contributed by atoms with Gasteiger partial charge >= 0.3 is 0 Å². The van der Waals surface area contributed by atoms with Crippen molar-refractivity contribution in [1.82, 2.24) is 10.1 Å². The van der Waals surface area contributed by atoms with E-state index >= 15 is 0 Å². The van der Waals surface area contributed by atoms with Gasteiger partial charge in [0.25, 0.3) is 0 Å². The summed E-state index contributed by atoms with van der Waals surface area (Å²) in [6.45, 7) is 2.87. The number of nitrogens with zero attached hydrogens (tertiary/aromatic N) is 2. The standard InChI is InChI=1S/C11H10N2O3/c1-7-12-11(13-16-7)8-3-2-4-9-10(8)15-6-5-14-9/h2-4H,5-6H2,1H3. The molecular formula is C11H10N2O3. The molecule has 0 atom stereocenters. The van der Waals surface area contributed by atoms with Gasteiger partial charge in [-0.25, -0.2) is 0 Å². The molecule has 0 aliphatic carbocycles. The van der Waals surface area contributed by atoms with Crippen LogP contribution in [0.2, 0.25) is 0 Å². The van der Waals surface area contributed by atoms with E-state index in [1.165, 1.54) is 0 Å². The smallest absolute Gasteiger partial charge is 0.223 e. The summed E-state index contributed by atoms with van der Waals surface area (Å²) in [7, 11) is 0. The number of hydrogen-bond acceptors (Lipinski definition) is 5. The van der Waals surface area contributed by atoms with Gasteiger partial charge < -0.3 is 14.0 Å². The highest BCUT2D eigenvalue weighted by molar-refractivity contribution is 5.68. The minimum atomic E-state index is 0.528. The fourth-order valence-electron chi connectivity index (χ4n) is 1.66. The predicted octanol–water partition coefficient (Wildman–Crippen LogP) is 1.82. The van der Waals surface area contributed by atoms with Crippen molar-refractivity contribution in [3.05, 3.63) is 24.1 Å². The number of aromatic nitrogens is 2. The van der Waals surface area contributed by atoms with Crippen LogP contribution in [0.3, 0.4) is 0 Å². The van der Waals surface area contributed by atoms with Crippen LogP contribution in [0.5, 0.6) is 11.5 Å². The molecule has 0 fully saturated rings. The number of aryl methyl sites for hydroxylation is 1. The maximum absolute atomic E-state index is 5.57. The van der Waals surface area contributed by atoms with Gasteiger partial charge in [-0.3, -0.25) is 0 Å². The van der Waals surface area contributed by atoms with Crippen molar-refractivity contribution in [1.29, 1.82) is 0 Å². The minimum absolute atomic E-state index is 0.528. The van der Waals surface area contributed by atoms with Crippen molar-refractivity contribution >= 4 is 0 Å². The van der Waals surface area contributed by atoms with E-state index in [2.05, 4.69) is 10.1 Å². The minimum Gasteiger partial charge on any atom is -0.486 e. The van der Waals surface area contributed by atoms with Gasteiger partial charge in [-0.1, -0.05) is 11.2 Å². The van der Waals surface area contributed by atoms with Crippen molar-refractivity contribution in [3.63, 3.8) is 0 Å². The number of ether oxygens (including phenoxy) is 2. The summed E-state index contributed by atoms with van der Waals surface area (Å²) >= 11 is 0. The van der Waals surface area contributed by atoms with Crippen LogP contribution in [0.25, 0.3) is 11.4 Å². The Hall–Kier alpha value is -2.04. The molecule has 2 heterocycles. The maximum Gasteiger partial charge on any atom is 0.223 e. The number of hydrogen-bond donors (Lipinski definition) is 0. The molecule has 1 aromatic heterocycles. The van der Waals surface area contributed by atoms with E-state index in [0.717, 1.165) is 11.3 Å². The third-order valence-corrected chi connectivity index (χ3v) is 2.33. The average molecular weight is 218 g/mol. The molecule has 5 heteroatoms. The molecule has 0 unspecified atom stereocenters. The van der Waals surface area contributed by atoms with E-state index < -0.39 is 0 Å². The summed E-state index contributed by atoms with van der Waals surface area (Å²) in [5, 5.41) is 3.87. The zero-order valence-electron chi connectivity index (χ0n) is 8.77. The molecule has 1 aliphatic heterocycles. The summed E-state index contributed by atoms with van der Waals surface area (Å²) in [5.74, 6) is 2.48. The lowest BCUT2D eigenvalue weighted by Gasteiger charge is -2.19. The molecule has 5 nitrogen and oxygen atoms in total. The number of para-hydroxylation sites is 1. The Morgan fingerprint density at radius 3 is 2.88 bits per heavy atom. The zero-order valence-corrected chi connectivity index (χ0v) is 8.77. The third kappa shape index (κ3) is 1.41. The lowest BCUT2D eigenvalue weighted by molar-refractivity contribution is 0.172. The molecule has 0 saturated heterocycles. The molecule has 0 amide bonds.